The normalized spacial score (nSPS) is 12.1. The first-order valence-electron chi connectivity index (χ1n) is 12.3. The lowest BCUT2D eigenvalue weighted by Crippen LogP contribution is -2.47. The lowest BCUT2D eigenvalue weighted by Gasteiger charge is -2.29. The molecule has 0 fully saturated rings. The number of hydrogen-bond acceptors (Lipinski definition) is 4. The average molecular weight is 502 g/mol. The molecular weight excluding hydrogens is 462 g/mol. The lowest BCUT2D eigenvalue weighted by atomic mass is 10.1. The number of nitrogens with one attached hydrogen (secondary N) is 1. The molecule has 0 saturated carbocycles. The van der Waals surface area contributed by atoms with Crippen molar-refractivity contribution in [3.63, 3.8) is 0 Å². The van der Waals surface area contributed by atoms with Gasteiger partial charge in [-0.05, 0) is 49.4 Å². The molecule has 0 aromatic heterocycles. The van der Waals surface area contributed by atoms with Gasteiger partial charge < -0.3 is 10.2 Å². The van der Waals surface area contributed by atoms with Crippen molar-refractivity contribution in [2.75, 3.05) is 23.7 Å². The molecule has 1 N–H and O–H groups in total. The molecule has 2 rings (SSSR count). The first-order chi connectivity index (χ1) is 16.7. The number of sulfonamides is 1. The van der Waals surface area contributed by atoms with E-state index in [0.717, 1.165) is 30.4 Å². The van der Waals surface area contributed by atoms with Gasteiger partial charge in [0, 0.05) is 26.1 Å². The molecule has 0 heterocycles. The Balaban J connectivity index is 2.11. The Labute approximate surface area is 210 Å². The summed E-state index contributed by atoms with van der Waals surface area (Å²) in [5.74, 6) is -0.363. The number of unbranched alkanes of at least 4 members (excludes halogenated alkanes) is 1. The highest BCUT2D eigenvalue weighted by Crippen LogP contribution is 2.20. The highest BCUT2D eigenvalue weighted by atomic mass is 32.2. The van der Waals surface area contributed by atoms with Crippen LogP contribution in [0.5, 0.6) is 0 Å². The maximum atomic E-state index is 13.3. The Kier molecular flexibility index (Phi) is 11.2. The highest BCUT2D eigenvalue weighted by Gasteiger charge is 2.26. The second kappa shape index (κ2) is 13.9. The third kappa shape index (κ3) is 9.02. The molecule has 2 aromatic carbocycles. The number of anilines is 1. The zero-order valence-corrected chi connectivity index (χ0v) is 22.2. The number of carbonyl (C=O) groups is 2. The molecule has 7 nitrogen and oxygen atoms in total. The molecule has 0 radical (unpaired) electrons. The van der Waals surface area contributed by atoms with Crippen LogP contribution in [0.4, 0.5) is 5.69 Å². The summed E-state index contributed by atoms with van der Waals surface area (Å²) in [5, 5.41) is 2.91. The number of carbonyl (C=O) groups excluding carboxylic acids is 2. The van der Waals surface area contributed by atoms with Gasteiger partial charge in [0.05, 0.1) is 11.9 Å². The molecule has 0 aliphatic rings. The summed E-state index contributed by atoms with van der Waals surface area (Å²) in [7, 11) is -3.50. The van der Waals surface area contributed by atoms with E-state index in [4.69, 9.17) is 0 Å². The average Bonchev–Trinajstić information content (AvgIpc) is 2.84. The summed E-state index contributed by atoms with van der Waals surface area (Å²) in [4.78, 5) is 27.5. The van der Waals surface area contributed by atoms with Crippen molar-refractivity contribution >= 4 is 27.5 Å². The second-order valence-corrected chi connectivity index (χ2v) is 10.7. The molecule has 0 saturated heterocycles. The minimum Gasteiger partial charge on any atom is -0.354 e. The van der Waals surface area contributed by atoms with E-state index in [1.165, 1.54) is 10.6 Å². The van der Waals surface area contributed by atoms with Gasteiger partial charge in [0.25, 0.3) is 0 Å². The molecule has 0 bridgehead atoms. The van der Waals surface area contributed by atoms with E-state index in [-0.39, 0.29) is 24.8 Å². The number of nitrogens with zero attached hydrogens (tertiary/aromatic N) is 2. The van der Waals surface area contributed by atoms with Crippen LogP contribution in [0.2, 0.25) is 0 Å². The zero-order chi connectivity index (χ0) is 25.8. The van der Waals surface area contributed by atoms with Crippen molar-refractivity contribution in [3.8, 4) is 0 Å². The van der Waals surface area contributed by atoms with Crippen LogP contribution in [-0.4, -0.2) is 50.5 Å². The third-order valence-corrected chi connectivity index (χ3v) is 7.17. The predicted octanol–water partition coefficient (Wildman–Crippen LogP) is 4.13. The largest absolute Gasteiger partial charge is 0.354 e. The molecule has 0 spiro atoms. The van der Waals surface area contributed by atoms with Gasteiger partial charge in [-0.15, -0.1) is 0 Å². The summed E-state index contributed by atoms with van der Waals surface area (Å²) in [6.07, 6.45) is 4.38. The summed E-state index contributed by atoms with van der Waals surface area (Å²) in [5.41, 5.74) is 2.64. The number of amides is 2. The number of hydrogen-bond donors (Lipinski definition) is 1. The summed E-state index contributed by atoms with van der Waals surface area (Å²) in [6.45, 7) is 6.91. The van der Waals surface area contributed by atoms with Crippen molar-refractivity contribution in [1.29, 1.82) is 0 Å². The fourth-order valence-corrected chi connectivity index (χ4v) is 4.77. The first-order valence-corrected chi connectivity index (χ1v) is 14.2. The molecular formula is C27H39N3O4S. The van der Waals surface area contributed by atoms with E-state index in [2.05, 4.69) is 12.2 Å². The summed E-state index contributed by atoms with van der Waals surface area (Å²) >= 11 is 0. The Hall–Kier alpha value is -2.87. The first kappa shape index (κ1) is 28.4. The topological polar surface area (TPSA) is 86.8 Å². The van der Waals surface area contributed by atoms with E-state index < -0.39 is 16.1 Å². The van der Waals surface area contributed by atoms with Crippen LogP contribution >= 0.6 is 0 Å². The van der Waals surface area contributed by atoms with Crippen molar-refractivity contribution < 1.29 is 18.0 Å². The van der Waals surface area contributed by atoms with Gasteiger partial charge in [-0.1, -0.05) is 62.7 Å². The second-order valence-electron chi connectivity index (χ2n) is 8.79. The van der Waals surface area contributed by atoms with Gasteiger partial charge in [0.15, 0.2) is 0 Å². The van der Waals surface area contributed by atoms with Gasteiger partial charge in [-0.2, -0.15) is 0 Å². The molecule has 0 aliphatic carbocycles. The van der Waals surface area contributed by atoms with Gasteiger partial charge in [0.2, 0.25) is 21.8 Å². The zero-order valence-electron chi connectivity index (χ0n) is 21.4. The Morgan fingerprint density at radius 2 is 1.60 bits per heavy atom. The highest BCUT2D eigenvalue weighted by molar-refractivity contribution is 7.92. The quantitative estimate of drug-likeness (QED) is 0.395. The smallest absolute Gasteiger partial charge is 0.242 e. The Morgan fingerprint density at radius 1 is 0.943 bits per heavy atom. The van der Waals surface area contributed by atoms with Crippen molar-refractivity contribution in [2.45, 2.75) is 65.5 Å². The van der Waals surface area contributed by atoms with Gasteiger partial charge in [-0.25, -0.2) is 8.42 Å². The van der Waals surface area contributed by atoms with Gasteiger partial charge in [0.1, 0.15) is 6.04 Å². The number of aryl methyl sites for hydroxylation is 1. The van der Waals surface area contributed by atoms with Crippen LogP contribution in [0, 0.1) is 0 Å². The molecule has 35 heavy (non-hydrogen) atoms. The van der Waals surface area contributed by atoms with Crippen LogP contribution in [0.25, 0.3) is 0 Å². The molecule has 192 valence electrons. The molecule has 2 amide bonds. The van der Waals surface area contributed by atoms with Crippen LogP contribution in [0.1, 0.15) is 57.6 Å². The van der Waals surface area contributed by atoms with Crippen LogP contribution in [-0.2, 0) is 32.6 Å². The summed E-state index contributed by atoms with van der Waals surface area (Å²) < 4.78 is 26.2. The predicted molar refractivity (Wildman–Crippen MR) is 142 cm³/mol. The van der Waals surface area contributed by atoms with E-state index in [9.17, 15) is 18.0 Å². The monoisotopic (exact) mass is 501 g/mol. The van der Waals surface area contributed by atoms with E-state index in [1.807, 2.05) is 49.4 Å². The Bertz CT molecular complexity index is 1040. The Morgan fingerprint density at radius 3 is 2.17 bits per heavy atom. The minimum atomic E-state index is -3.50. The van der Waals surface area contributed by atoms with E-state index in [0.29, 0.717) is 25.2 Å². The SMILES string of the molecule is CCCCNC(=O)[C@@H](C)N(Cc1ccccc1)C(=O)CCCN(c1ccc(CC)cc1)S(C)(=O)=O. The molecule has 0 aliphatic heterocycles. The lowest BCUT2D eigenvalue weighted by molar-refractivity contribution is -0.140. The fourth-order valence-electron chi connectivity index (χ4n) is 3.80. The van der Waals surface area contributed by atoms with E-state index >= 15 is 0 Å². The van der Waals surface area contributed by atoms with Crippen LogP contribution < -0.4 is 9.62 Å². The maximum absolute atomic E-state index is 13.3. The summed E-state index contributed by atoms with van der Waals surface area (Å²) in [6, 6.07) is 16.3. The van der Waals surface area contributed by atoms with Crippen molar-refractivity contribution in [3.05, 3.63) is 65.7 Å². The standard InChI is InChI=1S/C27H39N3O4S/c1-5-7-19-28-27(32)22(3)29(21-24-12-9-8-10-13-24)26(31)14-11-20-30(35(4,33)34)25-17-15-23(6-2)16-18-25/h8-10,12-13,15-18,22H,5-7,11,14,19-21H2,1-4H3,(H,28,32)/t22-/m1/s1. The molecule has 2 aromatic rings. The van der Waals surface area contributed by atoms with E-state index in [1.54, 1.807) is 24.0 Å². The van der Waals surface area contributed by atoms with Crippen molar-refractivity contribution in [1.82, 2.24) is 10.2 Å². The fraction of sp³-hybridized carbons (Fsp3) is 0.481. The van der Waals surface area contributed by atoms with Crippen LogP contribution in [0.15, 0.2) is 54.6 Å². The minimum absolute atomic E-state index is 0.137. The van der Waals surface area contributed by atoms with Gasteiger partial charge in [-0.3, -0.25) is 13.9 Å². The van der Waals surface area contributed by atoms with Crippen molar-refractivity contribution in [2.24, 2.45) is 0 Å². The molecule has 8 heteroatoms. The number of benzene rings is 2. The van der Waals surface area contributed by atoms with Gasteiger partial charge >= 0.3 is 0 Å². The molecule has 1 atom stereocenters. The number of rotatable bonds is 14. The molecule has 0 unspecified atom stereocenters. The third-order valence-electron chi connectivity index (χ3n) is 5.98. The maximum Gasteiger partial charge on any atom is 0.242 e. The van der Waals surface area contributed by atoms with Crippen LogP contribution in [0.3, 0.4) is 0 Å².